The second kappa shape index (κ2) is 13.8. The fraction of sp³-hybridized carbons (Fsp3) is 0.370. The first-order chi connectivity index (χ1) is 17.5. The highest BCUT2D eigenvalue weighted by atomic mass is 16.6. The number of hydrogen-bond donors (Lipinski definition) is 1. The molecule has 1 heterocycles. The molecule has 0 aliphatic rings. The first-order valence-electron chi connectivity index (χ1n) is 12.0. The molecule has 1 aromatic heterocycles. The van der Waals surface area contributed by atoms with E-state index in [2.05, 4.69) is 22.4 Å². The molecule has 36 heavy (non-hydrogen) atoms. The molecule has 0 aliphatic carbocycles. The molecule has 1 N–H and O–H groups in total. The van der Waals surface area contributed by atoms with Crippen LogP contribution in [0.3, 0.4) is 0 Å². The largest absolute Gasteiger partial charge is 0.495 e. The summed E-state index contributed by atoms with van der Waals surface area (Å²) in [6.07, 6.45) is 4.36. The third-order valence-electron chi connectivity index (χ3n) is 5.47. The zero-order valence-electron chi connectivity index (χ0n) is 20.6. The highest BCUT2D eigenvalue weighted by Crippen LogP contribution is 2.23. The third-order valence-corrected chi connectivity index (χ3v) is 5.47. The summed E-state index contributed by atoms with van der Waals surface area (Å²) in [4.78, 5) is 40.8. The average molecular weight is 494 g/mol. The molecule has 0 aliphatic heterocycles. The van der Waals surface area contributed by atoms with Gasteiger partial charge in [0, 0.05) is 12.0 Å². The molecular formula is C27H31N3O6. The lowest BCUT2D eigenvalue weighted by atomic mass is 10.0. The highest BCUT2D eigenvalue weighted by Gasteiger charge is 2.15. The van der Waals surface area contributed by atoms with Gasteiger partial charge in [-0.1, -0.05) is 61.3 Å². The Bertz CT molecular complexity index is 1160. The van der Waals surface area contributed by atoms with Gasteiger partial charge in [-0.15, -0.1) is 0 Å². The number of nitrogens with zero attached hydrogens (tertiary/aromatic N) is 2. The molecule has 9 heteroatoms. The van der Waals surface area contributed by atoms with E-state index >= 15 is 0 Å². The molecule has 0 fully saturated rings. The fourth-order valence-corrected chi connectivity index (χ4v) is 3.52. The molecule has 0 bridgehead atoms. The lowest BCUT2D eigenvalue weighted by molar-refractivity contribution is -0.145. The molecule has 3 aromatic rings. The number of Topliss-reactive ketones (excluding diaryl/α,β-unsaturated/α-hetero) is 1. The van der Waals surface area contributed by atoms with E-state index in [0.29, 0.717) is 17.0 Å². The van der Waals surface area contributed by atoms with Crippen molar-refractivity contribution in [3.63, 3.8) is 0 Å². The molecule has 0 atom stereocenters. The van der Waals surface area contributed by atoms with Gasteiger partial charge < -0.3 is 19.3 Å². The maximum absolute atomic E-state index is 12.4. The Morgan fingerprint density at radius 3 is 2.53 bits per heavy atom. The molecule has 0 unspecified atom stereocenters. The van der Waals surface area contributed by atoms with Gasteiger partial charge in [0.05, 0.1) is 25.6 Å². The fourth-order valence-electron chi connectivity index (χ4n) is 3.52. The molecule has 0 radical (unpaired) electrons. The number of ether oxygens (including phenoxy) is 2. The predicted octanol–water partition coefficient (Wildman–Crippen LogP) is 4.70. The first-order valence-corrected chi connectivity index (χ1v) is 12.0. The second-order valence-electron chi connectivity index (χ2n) is 8.27. The lowest BCUT2D eigenvalue weighted by Gasteiger charge is -2.08. The van der Waals surface area contributed by atoms with Crippen molar-refractivity contribution >= 4 is 23.3 Å². The number of aryl methyl sites for hydroxylation is 1. The van der Waals surface area contributed by atoms with Gasteiger partial charge in [-0.3, -0.25) is 14.4 Å². The number of carbonyl (C=O) groups is 3. The molecule has 3 rings (SSSR count). The highest BCUT2D eigenvalue weighted by molar-refractivity contribution is 5.97. The number of anilines is 1. The summed E-state index contributed by atoms with van der Waals surface area (Å²) in [6, 6.07) is 14.6. The Balaban J connectivity index is 1.39. The number of unbranched alkanes of at least 4 members (excludes halogenated alkanes) is 2. The van der Waals surface area contributed by atoms with Crippen LogP contribution in [0.2, 0.25) is 0 Å². The van der Waals surface area contributed by atoms with Crippen LogP contribution in [0.5, 0.6) is 5.75 Å². The van der Waals surface area contributed by atoms with Crippen LogP contribution in [0.15, 0.2) is 53.1 Å². The van der Waals surface area contributed by atoms with E-state index in [-0.39, 0.29) is 49.3 Å². The van der Waals surface area contributed by atoms with E-state index in [0.717, 1.165) is 12.8 Å². The van der Waals surface area contributed by atoms with E-state index in [9.17, 15) is 14.4 Å². The maximum atomic E-state index is 12.4. The number of hydrogen-bond acceptors (Lipinski definition) is 8. The lowest BCUT2D eigenvalue weighted by Crippen LogP contribution is -2.15. The normalized spacial score (nSPS) is 10.6. The summed E-state index contributed by atoms with van der Waals surface area (Å²) in [5.74, 6) is -0.266. The number of ketones is 1. The van der Waals surface area contributed by atoms with E-state index < -0.39 is 5.97 Å². The number of para-hydroxylation sites is 2. The van der Waals surface area contributed by atoms with Crippen LogP contribution >= 0.6 is 0 Å². The zero-order valence-corrected chi connectivity index (χ0v) is 20.6. The van der Waals surface area contributed by atoms with Gasteiger partial charge in [0.1, 0.15) is 5.75 Å². The van der Waals surface area contributed by atoms with E-state index in [4.69, 9.17) is 14.0 Å². The van der Waals surface area contributed by atoms with Crippen LogP contribution < -0.4 is 10.1 Å². The number of methoxy groups -OCH3 is 1. The van der Waals surface area contributed by atoms with Crippen molar-refractivity contribution in [1.82, 2.24) is 10.1 Å². The Morgan fingerprint density at radius 2 is 1.78 bits per heavy atom. The van der Waals surface area contributed by atoms with Crippen LogP contribution in [-0.2, 0) is 33.8 Å². The molecule has 1 amide bonds. The number of nitrogens with one attached hydrogen (secondary N) is 1. The van der Waals surface area contributed by atoms with E-state index in [1.165, 1.54) is 25.5 Å². The first kappa shape index (κ1) is 26.6. The van der Waals surface area contributed by atoms with Gasteiger partial charge in [-0.25, -0.2) is 0 Å². The number of esters is 1. The summed E-state index contributed by atoms with van der Waals surface area (Å²) < 4.78 is 15.4. The van der Waals surface area contributed by atoms with Gasteiger partial charge in [0.2, 0.25) is 5.91 Å². The minimum Gasteiger partial charge on any atom is -0.495 e. The Labute approximate surface area is 210 Å². The smallest absolute Gasteiger partial charge is 0.306 e. The number of rotatable bonds is 14. The van der Waals surface area contributed by atoms with Crippen LogP contribution in [0.4, 0.5) is 5.69 Å². The summed E-state index contributed by atoms with van der Waals surface area (Å²) in [5, 5.41) is 6.46. The third kappa shape index (κ3) is 8.33. The molecule has 0 saturated carbocycles. The van der Waals surface area contributed by atoms with Crippen molar-refractivity contribution in [2.24, 2.45) is 0 Å². The van der Waals surface area contributed by atoms with Crippen LogP contribution in [-0.4, -0.2) is 34.9 Å². The summed E-state index contributed by atoms with van der Waals surface area (Å²) in [7, 11) is 1.51. The quantitative estimate of drug-likeness (QED) is 0.195. The minimum absolute atomic E-state index is 0.0478. The predicted molar refractivity (Wildman–Crippen MR) is 133 cm³/mol. The van der Waals surface area contributed by atoms with Crippen molar-refractivity contribution in [3.05, 3.63) is 71.4 Å². The molecule has 9 nitrogen and oxygen atoms in total. The number of aromatic nitrogens is 2. The van der Waals surface area contributed by atoms with Crippen LogP contribution in [0.1, 0.15) is 66.7 Å². The minimum atomic E-state index is -0.548. The summed E-state index contributed by atoms with van der Waals surface area (Å²) >= 11 is 0. The maximum Gasteiger partial charge on any atom is 0.306 e. The SMILES string of the molecule is CCCCCc1ccc(C(=O)CCC(=O)OCc2nc(CC(=O)Nc3ccccc3OC)no2)cc1. The van der Waals surface area contributed by atoms with Gasteiger partial charge in [0.25, 0.3) is 5.89 Å². The van der Waals surface area contributed by atoms with Crippen molar-refractivity contribution in [1.29, 1.82) is 0 Å². The second-order valence-corrected chi connectivity index (χ2v) is 8.27. The standard InChI is InChI=1S/C27H31N3O6/c1-3-4-5-8-19-11-13-20(14-12-19)22(31)15-16-27(33)35-18-26-29-24(30-36-26)17-25(32)28-21-9-6-7-10-23(21)34-2/h6-7,9-14H,3-5,8,15-18H2,1-2H3,(H,28,32). The van der Waals surface area contributed by atoms with Gasteiger partial charge in [0.15, 0.2) is 18.2 Å². The van der Waals surface area contributed by atoms with Crippen molar-refractivity contribution in [3.8, 4) is 5.75 Å². The summed E-state index contributed by atoms with van der Waals surface area (Å²) in [6.45, 7) is 1.93. The van der Waals surface area contributed by atoms with Gasteiger partial charge in [-0.05, 0) is 30.5 Å². The molecule has 0 saturated heterocycles. The van der Waals surface area contributed by atoms with E-state index in [1.807, 2.05) is 12.1 Å². The Morgan fingerprint density at radius 1 is 1.00 bits per heavy atom. The number of amides is 1. The molecule has 190 valence electrons. The molecular weight excluding hydrogens is 462 g/mol. The Kier molecular flexibility index (Phi) is 10.2. The van der Waals surface area contributed by atoms with Gasteiger partial charge in [-0.2, -0.15) is 4.98 Å². The molecule has 0 spiro atoms. The van der Waals surface area contributed by atoms with Crippen molar-refractivity contribution < 1.29 is 28.4 Å². The van der Waals surface area contributed by atoms with Crippen LogP contribution in [0.25, 0.3) is 0 Å². The zero-order chi connectivity index (χ0) is 25.8. The molecule has 2 aromatic carbocycles. The van der Waals surface area contributed by atoms with Crippen molar-refractivity contribution in [2.75, 3.05) is 12.4 Å². The Hall–Kier alpha value is -4.01. The van der Waals surface area contributed by atoms with Gasteiger partial charge >= 0.3 is 5.97 Å². The monoisotopic (exact) mass is 493 g/mol. The number of benzene rings is 2. The van der Waals surface area contributed by atoms with Crippen molar-refractivity contribution in [2.45, 2.75) is 58.5 Å². The van der Waals surface area contributed by atoms with E-state index in [1.54, 1.807) is 36.4 Å². The topological polar surface area (TPSA) is 121 Å². The van der Waals surface area contributed by atoms with Crippen LogP contribution in [0, 0.1) is 0 Å². The average Bonchev–Trinajstić information content (AvgIpc) is 3.34. The number of carbonyl (C=O) groups excluding carboxylic acids is 3. The summed E-state index contributed by atoms with van der Waals surface area (Å²) in [5.41, 5.74) is 2.31.